The Kier molecular flexibility index (Phi) is 3.01. The normalized spacial score (nSPS) is 9.08. The maximum atomic E-state index is 12.8. The summed E-state index contributed by atoms with van der Waals surface area (Å²) in [6.07, 6.45) is 0. The second kappa shape index (κ2) is 4.03. The summed E-state index contributed by atoms with van der Waals surface area (Å²) in [6.45, 7) is 1.58. The Morgan fingerprint density at radius 2 is 2.31 bits per heavy atom. The van der Waals surface area contributed by atoms with Crippen LogP contribution in [-0.2, 0) is 0 Å². The number of thiocarbonyl (C=S) groups is 1. The van der Waals surface area contributed by atoms with E-state index < -0.39 is 5.91 Å². The van der Waals surface area contributed by atoms with Crippen LogP contribution in [0.5, 0.6) is 0 Å². The van der Waals surface area contributed by atoms with Crippen molar-refractivity contribution in [3.8, 4) is 0 Å². The fourth-order valence-corrected chi connectivity index (χ4v) is 0.967. The first kappa shape index (κ1) is 9.71. The molecule has 1 amide bonds. The molecule has 4 heteroatoms. The summed E-state index contributed by atoms with van der Waals surface area (Å²) in [7, 11) is 0. The molecule has 0 atom stereocenters. The van der Waals surface area contributed by atoms with Gasteiger partial charge in [0.25, 0.3) is 5.91 Å². The zero-order valence-corrected chi connectivity index (χ0v) is 7.69. The molecule has 1 aromatic carbocycles. The summed E-state index contributed by atoms with van der Waals surface area (Å²) < 4.78 is 12.8. The van der Waals surface area contributed by atoms with Crippen LogP contribution in [0.3, 0.4) is 0 Å². The van der Waals surface area contributed by atoms with Crippen LogP contribution in [0.4, 0.5) is 4.39 Å². The molecule has 0 heterocycles. The molecule has 0 N–H and O–H groups in total. The molecule has 0 aromatic heterocycles. The van der Waals surface area contributed by atoms with Crippen molar-refractivity contribution in [2.24, 2.45) is 4.99 Å². The number of aliphatic imine (C=N–C) groups is 1. The largest absolute Gasteiger partial charge is 0.285 e. The fraction of sp³-hybridized carbons (Fsp3) is 0.111. The third-order valence-electron chi connectivity index (χ3n) is 1.55. The van der Waals surface area contributed by atoms with Crippen molar-refractivity contribution < 1.29 is 9.18 Å². The third-order valence-corrected chi connectivity index (χ3v) is 1.64. The Labute approximate surface area is 80.1 Å². The molecule has 0 saturated heterocycles. The summed E-state index contributed by atoms with van der Waals surface area (Å²) in [5.74, 6) is -0.846. The third kappa shape index (κ3) is 2.28. The highest BCUT2D eigenvalue weighted by atomic mass is 32.1. The Morgan fingerprint density at radius 1 is 1.62 bits per heavy atom. The van der Waals surface area contributed by atoms with E-state index in [1.807, 2.05) is 5.16 Å². The minimum absolute atomic E-state index is 0.316. The lowest BCUT2D eigenvalue weighted by Crippen LogP contribution is -1.95. The molecule has 0 bridgehead atoms. The number of carbonyl (C=O) groups excluding carboxylic acids is 1. The number of carbonyl (C=O) groups is 1. The second-order valence-electron chi connectivity index (χ2n) is 2.47. The molecular weight excluding hydrogens is 189 g/mol. The zero-order valence-electron chi connectivity index (χ0n) is 6.87. The molecular formula is C9H6FNOS. The summed E-state index contributed by atoms with van der Waals surface area (Å²) in [5, 5.41) is 1.97. The van der Waals surface area contributed by atoms with E-state index in [-0.39, 0.29) is 5.82 Å². The van der Waals surface area contributed by atoms with Gasteiger partial charge in [-0.3, -0.25) is 4.79 Å². The summed E-state index contributed by atoms with van der Waals surface area (Å²) in [5.41, 5.74) is 0.724. The molecule has 1 rings (SSSR count). The van der Waals surface area contributed by atoms with Crippen LogP contribution in [0.25, 0.3) is 0 Å². The molecule has 0 aliphatic carbocycles. The van der Waals surface area contributed by atoms with Crippen molar-refractivity contribution >= 4 is 23.3 Å². The van der Waals surface area contributed by atoms with Gasteiger partial charge in [-0.05, 0) is 42.9 Å². The van der Waals surface area contributed by atoms with Gasteiger partial charge in [0, 0.05) is 5.56 Å². The number of hydrogen-bond acceptors (Lipinski definition) is 2. The maximum Gasteiger partial charge on any atom is 0.285 e. The van der Waals surface area contributed by atoms with Gasteiger partial charge in [-0.15, -0.1) is 0 Å². The Bertz CT molecular complexity index is 397. The molecule has 2 nitrogen and oxygen atoms in total. The Balaban J connectivity index is 3.10. The van der Waals surface area contributed by atoms with Gasteiger partial charge in [0.2, 0.25) is 0 Å². The van der Waals surface area contributed by atoms with E-state index in [0.29, 0.717) is 11.1 Å². The monoisotopic (exact) mass is 195 g/mol. The van der Waals surface area contributed by atoms with Gasteiger partial charge in [-0.25, -0.2) is 4.39 Å². The average Bonchev–Trinajstić information content (AvgIpc) is 2.10. The van der Waals surface area contributed by atoms with E-state index in [2.05, 4.69) is 17.2 Å². The van der Waals surface area contributed by atoms with E-state index in [1.165, 1.54) is 18.2 Å². The first-order valence-electron chi connectivity index (χ1n) is 3.53. The molecule has 1 aromatic rings. The number of aryl methyl sites for hydroxylation is 1. The second-order valence-corrected chi connectivity index (χ2v) is 2.65. The number of rotatable bonds is 1. The number of halogens is 1. The van der Waals surface area contributed by atoms with Crippen molar-refractivity contribution in [3.05, 3.63) is 35.1 Å². The predicted octanol–water partition coefficient (Wildman–Crippen LogP) is 2.38. The van der Waals surface area contributed by atoms with Gasteiger partial charge in [0.15, 0.2) is 0 Å². The molecule has 0 saturated carbocycles. The van der Waals surface area contributed by atoms with E-state index in [4.69, 9.17) is 0 Å². The number of nitrogens with zero attached hydrogens (tertiary/aromatic N) is 1. The van der Waals surface area contributed by atoms with E-state index in [1.54, 1.807) is 6.92 Å². The number of amides is 1. The molecule has 66 valence electrons. The van der Waals surface area contributed by atoms with Gasteiger partial charge in [-0.1, -0.05) is 0 Å². The van der Waals surface area contributed by atoms with Gasteiger partial charge >= 0.3 is 0 Å². The Hall–Kier alpha value is -1.38. The van der Waals surface area contributed by atoms with E-state index >= 15 is 0 Å². The molecule has 0 aliphatic heterocycles. The van der Waals surface area contributed by atoms with Crippen LogP contribution in [0, 0.1) is 12.7 Å². The van der Waals surface area contributed by atoms with Crippen LogP contribution >= 0.6 is 12.2 Å². The first-order chi connectivity index (χ1) is 6.15. The summed E-state index contributed by atoms with van der Waals surface area (Å²) in [6, 6.07) is 4.01. The van der Waals surface area contributed by atoms with Gasteiger partial charge in [-0.2, -0.15) is 4.99 Å². The van der Waals surface area contributed by atoms with Crippen LogP contribution in [-0.4, -0.2) is 11.1 Å². The molecule has 13 heavy (non-hydrogen) atoms. The van der Waals surface area contributed by atoms with Crippen molar-refractivity contribution in [1.29, 1.82) is 0 Å². The lowest BCUT2D eigenvalue weighted by molar-refractivity contribution is 0.100. The standard InChI is InChI=1S/C9H6FNOS/c1-6-4-7(2-3-8(6)10)9(12)11-5-13/h2-4H,1H3. The van der Waals surface area contributed by atoms with Crippen molar-refractivity contribution in [1.82, 2.24) is 0 Å². The van der Waals surface area contributed by atoms with Crippen LogP contribution in [0.15, 0.2) is 23.2 Å². The lowest BCUT2D eigenvalue weighted by Gasteiger charge is -1.97. The smallest absolute Gasteiger partial charge is 0.266 e. The number of isothiocyanates is 1. The highest BCUT2D eigenvalue weighted by molar-refractivity contribution is 7.78. The average molecular weight is 195 g/mol. The van der Waals surface area contributed by atoms with Gasteiger partial charge in [0.05, 0.1) is 5.16 Å². The van der Waals surface area contributed by atoms with Gasteiger partial charge in [0.1, 0.15) is 5.82 Å². The highest BCUT2D eigenvalue weighted by Crippen LogP contribution is 2.09. The molecule has 0 aliphatic rings. The highest BCUT2D eigenvalue weighted by Gasteiger charge is 2.05. The van der Waals surface area contributed by atoms with Crippen LogP contribution < -0.4 is 0 Å². The first-order valence-corrected chi connectivity index (χ1v) is 3.94. The van der Waals surface area contributed by atoms with Crippen molar-refractivity contribution in [2.75, 3.05) is 0 Å². The summed E-state index contributed by atoms with van der Waals surface area (Å²) >= 11 is 4.28. The van der Waals surface area contributed by atoms with Crippen molar-refractivity contribution in [3.63, 3.8) is 0 Å². The van der Waals surface area contributed by atoms with Crippen LogP contribution in [0.2, 0.25) is 0 Å². The minimum atomic E-state index is -0.502. The fourth-order valence-electron chi connectivity index (χ4n) is 0.884. The lowest BCUT2D eigenvalue weighted by atomic mass is 10.1. The predicted molar refractivity (Wildman–Crippen MR) is 50.5 cm³/mol. The van der Waals surface area contributed by atoms with E-state index in [9.17, 15) is 9.18 Å². The van der Waals surface area contributed by atoms with Gasteiger partial charge < -0.3 is 0 Å². The Morgan fingerprint density at radius 3 is 2.85 bits per heavy atom. The topological polar surface area (TPSA) is 29.4 Å². The molecule has 0 unspecified atom stereocenters. The maximum absolute atomic E-state index is 12.8. The quantitative estimate of drug-likeness (QED) is 0.508. The molecule has 0 fully saturated rings. The summed E-state index contributed by atoms with van der Waals surface area (Å²) in [4.78, 5) is 14.4. The zero-order chi connectivity index (χ0) is 9.84. The molecule has 0 radical (unpaired) electrons. The minimum Gasteiger partial charge on any atom is -0.266 e. The number of hydrogen-bond donors (Lipinski definition) is 0. The van der Waals surface area contributed by atoms with E-state index in [0.717, 1.165) is 0 Å². The van der Waals surface area contributed by atoms with Crippen molar-refractivity contribution in [2.45, 2.75) is 6.92 Å². The van der Waals surface area contributed by atoms with Crippen LogP contribution in [0.1, 0.15) is 15.9 Å². The molecule has 0 spiro atoms. The number of benzene rings is 1. The SMILES string of the molecule is Cc1cc(C(=O)N=C=S)ccc1F.